The van der Waals surface area contributed by atoms with Crippen molar-refractivity contribution < 1.29 is 22.4 Å². The lowest BCUT2D eigenvalue weighted by Gasteiger charge is -2.15. The highest BCUT2D eigenvalue weighted by molar-refractivity contribution is 5.91. The summed E-state index contributed by atoms with van der Waals surface area (Å²) in [5, 5.41) is 9.13. The first-order valence-corrected chi connectivity index (χ1v) is 7.53. The lowest BCUT2D eigenvalue weighted by atomic mass is 10.1. The number of benzene rings is 1. The van der Waals surface area contributed by atoms with Crippen LogP contribution in [-0.2, 0) is 12.7 Å². The summed E-state index contributed by atoms with van der Waals surface area (Å²) < 4.78 is 52.7. The van der Waals surface area contributed by atoms with Crippen molar-refractivity contribution in [3.8, 4) is 0 Å². The molecule has 0 radical (unpaired) electrons. The summed E-state index contributed by atoms with van der Waals surface area (Å²) in [6.45, 7) is -0.0674. The third-order valence-electron chi connectivity index (χ3n) is 3.82. The van der Waals surface area contributed by atoms with E-state index in [-0.39, 0.29) is 17.8 Å². The number of hydrogen-bond acceptors (Lipinski definition) is 4. The lowest BCUT2D eigenvalue weighted by molar-refractivity contribution is -0.140. The van der Waals surface area contributed by atoms with Crippen LogP contribution in [0.2, 0.25) is 0 Å². The third-order valence-corrected chi connectivity index (χ3v) is 3.82. The van der Waals surface area contributed by atoms with Crippen molar-refractivity contribution in [2.75, 3.05) is 7.05 Å². The summed E-state index contributed by atoms with van der Waals surface area (Å²) in [5.41, 5.74) is 1.56. The summed E-state index contributed by atoms with van der Waals surface area (Å²) >= 11 is 0. The molecule has 1 amide bonds. The van der Waals surface area contributed by atoms with Crippen molar-refractivity contribution in [3.05, 3.63) is 47.0 Å². The zero-order valence-corrected chi connectivity index (χ0v) is 13.2. The summed E-state index contributed by atoms with van der Waals surface area (Å²) in [7, 11) is 1.75. The van der Waals surface area contributed by atoms with Gasteiger partial charge in [0, 0.05) is 13.1 Å². The van der Waals surface area contributed by atoms with Gasteiger partial charge in [-0.2, -0.15) is 13.2 Å². The van der Waals surface area contributed by atoms with E-state index < -0.39 is 23.5 Å². The number of carbonyl (C=O) groups is 1. The summed E-state index contributed by atoms with van der Waals surface area (Å²) in [5.74, 6) is -1.78. The highest BCUT2D eigenvalue weighted by Gasteiger charge is 2.34. The number of aromatic nitrogens is 3. The monoisotopic (exact) mass is 357 g/mol. The molecule has 0 aliphatic heterocycles. The molecule has 1 aliphatic carbocycles. The molecule has 0 bridgehead atoms. The minimum atomic E-state index is -4.78. The molecular formula is C15H15F4N5O. The second kappa shape index (κ2) is 6.43. The van der Waals surface area contributed by atoms with E-state index in [4.69, 9.17) is 0 Å². The standard InChI is InChI=1S/C15H15F4N5O/c1-23(10-3-4-10)21-14(25)13-8-24(22-20-13)7-9-2-5-12(16)11(6-9)15(17,18)19/h2,5-6,8,10H,3-4,7H2,1H3,(H,21,25). The van der Waals surface area contributed by atoms with Gasteiger partial charge >= 0.3 is 6.18 Å². The van der Waals surface area contributed by atoms with Gasteiger partial charge in [0.1, 0.15) is 5.82 Å². The average Bonchev–Trinajstić information content (AvgIpc) is 3.28. The number of rotatable bonds is 5. The van der Waals surface area contributed by atoms with Gasteiger partial charge in [-0.25, -0.2) is 14.1 Å². The Labute approximate surface area is 140 Å². The molecule has 10 heteroatoms. The summed E-state index contributed by atoms with van der Waals surface area (Å²) in [6.07, 6.45) is -1.43. The van der Waals surface area contributed by atoms with E-state index in [1.54, 1.807) is 12.1 Å². The number of nitrogens with one attached hydrogen (secondary N) is 1. The van der Waals surface area contributed by atoms with Crippen LogP contribution in [0.15, 0.2) is 24.4 Å². The van der Waals surface area contributed by atoms with Crippen LogP contribution >= 0.6 is 0 Å². The molecular weight excluding hydrogens is 342 g/mol. The van der Waals surface area contributed by atoms with E-state index in [2.05, 4.69) is 15.7 Å². The van der Waals surface area contributed by atoms with E-state index in [1.165, 1.54) is 16.9 Å². The number of halogens is 4. The first-order valence-electron chi connectivity index (χ1n) is 7.53. The Morgan fingerprint density at radius 2 is 2.12 bits per heavy atom. The smallest absolute Gasteiger partial charge is 0.283 e. The Morgan fingerprint density at radius 1 is 1.40 bits per heavy atom. The van der Waals surface area contributed by atoms with E-state index in [9.17, 15) is 22.4 Å². The second-order valence-corrected chi connectivity index (χ2v) is 5.90. The molecule has 0 unspecified atom stereocenters. The molecule has 25 heavy (non-hydrogen) atoms. The van der Waals surface area contributed by atoms with Crippen LogP contribution in [0.5, 0.6) is 0 Å². The van der Waals surface area contributed by atoms with E-state index in [0.717, 1.165) is 25.0 Å². The number of carbonyl (C=O) groups excluding carboxylic acids is 1. The molecule has 0 atom stereocenters. The molecule has 1 aromatic carbocycles. The van der Waals surface area contributed by atoms with Gasteiger partial charge in [-0.3, -0.25) is 10.2 Å². The number of alkyl halides is 3. The van der Waals surface area contributed by atoms with Crippen molar-refractivity contribution in [1.29, 1.82) is 0 Å². The Hall–Kier alpha value is -2.49. The quantitative estimate of drug-likeness (QED) is 0.658. The predicted octanol–water partition coefficient (Wildman–Crippen LogP) is 2.22. The SMILES string of the molecule is CN(NC(=O)c1cn(Cc2ccc(F)c(C(F)(F)F)c2)nn1)C1CC1. The van der Waals surface area contributed by atoms with Crippen LogP contribution < -0.4 is 5.43 Å². The van der Waals surface area contributed by atoms with Crippen molar-refractivity contribution in [2.45, 2.75) is 31.6 Å². The minimum absolute atomic E-state index is 0.0469. The number of nitrogens with zero attached hydrogens (tertiary/aromatic N) is 4. The summed E-state index contributed by atoms with van der Waals surface area (Å²) in [4.78, 5) is 12.0. The molecule has 0 saturated heterocycles. The summed E-state index contributed by atoms with van der Waals surface area (Å²) in [6, 6.07) is 3.02. The predicted molar refractivity (Wildman–Crippen MR) is 78.8 cm³/mol. The van der Waals surface area contributed by atoms with E-state index in [0.29, 0.717) is 6.04 Å². The van der Waals surface area contributed by atoms with Crippen LogP contribution in [0.1, 0.15) is 34.5 Å². The second-order valence-electron chi connectivity index (χ2n) is 5.90. The number of hydrazine groups is 1. The van der Waals surface area contributed by atoms with Gasteiger partial charge in [-0.1, -0.05) is 11.3 Å². The lowest BCUT2D eigenvalue weighted by Crippen LogP contribution is -2.40. The van der Waals surface area contributed by atoms with Crippen LogP contribution in [0.4, 0.5) is 17.6 Å². The molecule has 0 spiro atoms. The number of hydrogen-bond donors (Lipinski definition) is 1. The van der Waals surface area contributed by atoms with Crippen molar-refractivity contribution in [2.24, 2.45) is 0 Å². The maximum absolute atomic E-state index is 13.3. The fourth-order valence-corrected chi connectivity index (χ4v) is 2.33. The molecule has 2 aromatic rings. The topological polar surface area (TPSA) is 63.1 Å². The minimum Gasteiger partial charge on any atom is -0.283 e. The molecule has 1 N–H and O–H groups in total. The van der Waals surface area contributed by atoms with Gasteiger partial charge in [0.2, 0.25) is 0 Å². The van der Waals surface area contributed by atoms with Gasteiger partial charge in [-0.15, -0.1) is 5.10 Å². The third kappa shape index (κ3) is 4.13. The highest BCUT2D eigenvalue weighted by Crippen LogP contribution is 2.32. The zero-order chi connectivity index (χ0) is 18.2. The van der Waals surface area contributed by atoms with Gasteiger partial charge < -0.3 is 0 Å². The Balaban J connectivity index is 1.70. The molecule has 134 valence electrons. The Morgan fingerprint density at radius 3 is 2.76 bits per heavy atom. The Kier molecular flexibility index (Phi) is 4.46. The van der Waals surface area contributed by atoms with Gasteiger partial charge in [0.05, 0.1) is 18.3 Å². The van der Waals surface area contributed by atoms with Crippen LogP contribution in [0, 0.1) is 5.82 Å². The fourth-order valence-electron chi connectivity index (χ4n) is 2.33. The molecule has 1 fully saturated rings. The molecule has 1 heterocycles. The maximum Gasteiger partial charge on any atom is 0.419 e. The molecule has 3 rings (SSSR count). The van der Waals surface area contributed by atoms with Gasteiger partial charge in [0.25, 0.3) is 5.91 Å². The first-order chi connectivity index (χ1) is 11.7. The average molecular weight is 357 g/mol. The van der Waals surface area contributed by atoms with Crippen LogP contribution in [0.25, 0.3) is 0 Å². The molecule has 1 saturated carbocycles. The fraction of sp³-hybridized carbons (Fsp3) is 0.400. The number of amides is 1. The zero-order valence-electron chi connectivity index (χ0n) is 13.2. The van der Waals surface area contributed by atoms with Crippen molar-refractivity contribution in [1.82, 2.24) is 25.4 Å². The molecule has 1 aliphatic rings. The molecule has 1 aromatic heterocycles. The first kappa shape index (κ1) is 17.3. The Bertz CT molecular complexity index is 784. The normalized spacial score (nSPS) is 14.8. The maximum atomic E-state index is 13.3. The van der Waals surface area contributed by atoms with Crippen molar-refractivity contribution >= 4 is 5.91 Å². The van der Waals surface area contributed by atoms with Crippen LogP contribution in [0.3, 0.4) is 0 Å². The van der Waals surface area contributed by atoms with E-state index in [1.807, 2.05) is 0 Å². The van der Waals surface area contributed by atoms with Crippen molar-refractivity contribution in [3.63, 3.8) is 0 Å². The molecule has 6 nitrogen and oxygen atoms in total. The van der Waals surface area contributed by atoms with Gasteiger partial charge in [0.15, 0.2) is 5.69 Å². The van der Waals surface area contributed by atoms with Crippen LogP contribution in [-0.4, -0.2) is 39.0 Å². The highest BCUT2D eigenvalue weighted by atomic mass is 19.4. The van der Waals surface area contributed by atoms with E-state index >= 15 is 0 Å². The largest absolute Gasteiger partial charge is 0.419 e. The van der Waals surface area contributed by atoms with Gasteiger partial charge in [-0.05, 0) is 30.5 Å².